The van der Waals surface area contributed by atoms with Crippen molar-refractivity contribution in [1.82, 2.24) is 45.4 Å². The lowest BCUT2D eigenvalue weighted by Gasteiger charge is -2.41. The van der Waals surface area contributed by atoms with Crippen molar-refractivity contribution >= 4 is 81.5 Å². The predicted octanol–water partition coefficient (Wildman–Crippen LogP) is 10.3. The number of nitrogens with zero attached hydrogens (tertiary/aromatic N) is 5. The molecule has 9 amide bonds. The first kappa shape index (κ1) is 110. The fourth-order valence-electron chi connectivity index (χ4n) is 15.7. The number of urea groups is 1. The molecule has 1 saturated heterocycles. The van der Waals surface area contributed by atoms with Crippen molar-refractivity contribution in [2.75, 3.05) is 146 Å². The molecule has 0 saturated carbocycles. The average Bonchev–Trinajstić information content (AvgIpc) is 1.77. The SMILES string of the molecule is CCC(C)[C@@H]([C@@H](CC(=O)N1CCC[C@H]1[C@H](OC)[C@@H](C)C(=O)N[C@H](C)[C@@H](O)c1ccccc1)OC)N(C)C(=O)[C@@H](CC(=O)[C@H](C(C)C)N(C)C(=O)OCc1ccc(NC(=O)[C@@H](CC)CCCNC(N)=O)cc1)C(C)C.CCN(C)Cc1cc2ccccc2n1CCC(=O)CCC(=O)NCCOCCOCCOCCOCCOCCOCCC(=O)N[C@H](C(C)=O)C(C)C. The first-order valence-electron chi connectivity index (χ1n) is 45.5. The number of carbonyl (C=O) groups excluding carboxylic acids is 11. The number of aliphatic hydroxyl groups is 1. The number of ketones is 3. The fraction of sp³-hybridized carbons (Fsp3) is 0.674. The van der Waals surface area contributed by atoms with Gasteiger partial charge in [0.25, 0.3) is 0 Å². The highest BCUT2D eigenvalue weighted by atomic mass is 16.6. The van der Waals surface area contributed by atoms with E-state index < -0.39 is 72.5 Å². The number of likely N-dealkylation sites (N-methyl/N-ethyl adjacent to an activating group) is 2. The molecule has 1 unspecified atom stereocenters. The summed E-state index contributed by atoms with van der Waals surface area (Å²) < 4.78 is 52.8. The minimum Gasteiger partial charge on any atom is -0.445 e. The van der Waals surface area contributed by atoms with Gasteiger partial charge in [-0.1, -0.05) is 143 Å². The van der Waals surface area contributed by atoms with E-state index in [0.717, 1.165) is 18.6 Å². The lowest BCUT2D eigenvalue weighted by molar-refractivity contribution is -0.149. The van der Waals surface area contributed by atoms with Crippen LogP contribution in [0.15, 0.2) is 84.9 Å². The molecule has 2 heterocycles. The highest BCUT2D eigenvalue weighted by Crippen LogP contribution is 2.33. The molecule has 0 aliphatic carbocycles. The first-order valence-corrected chi connectivity index (χ1v) is 45.5. The molecule has 1 aromatic heterocycles. The zero-order valence-electron chi connectivity index (χ0n) is 79.1. The quantitative estimate of drug-likeness (QED) is 0.0202. The maximum absolute atomic E-state index is 14.7. The molecule has 3 aromatic carbocycles. The van der Waals surface area contributed by atoms with E-state index in [1.807, 2.05) is 92.6 Å². The Morgan fingerprint density at radius 1 is 0.614 bits per heavy atom. The number of hydrogen-bond acceptors (Lipinski definition) is 22. The van der Waals surface area contributed by atoms with Gasteiger partial charge in [-0.05, 0) is 124 Å². The molecular formula is C95H153N11O21. The molecule has 1 aliphatic rings. The number of aryl methyl sites for hydroxylation is 1. The number of ether oxygens (including phenoxy) is 9. The number of aromatic nitrogens is 1. The summed E-state index contributed by atoms with van der Waals surface area (Å²) in [7, 11) is 8.37. The topological polar surface area (TPSA) is 395 Å². The van der Waals surface area contributed by atoms with E-state index in [1.54, 1.807) is 67.1 Å². The highest BCUT2D eigenvalue weighted by molar-refractivity contribution is 5.94. The number of Topliss-reactive ketones (excluding diaryl/α,β-unsaturated/α-hetero) is 3. The number of hydrogen-bond donors (Lipinski definition) is 7. The largest absolute Gasteiger partial charge is 0.445 e. The van der Waals surface area contributed by atoms with Crippen LogP contribution < -0.4 is 32.3 Å². The van der Waals surface area contributed by atoms with Crippen molar-refractivity contribution in [3.63, 3.8) is 0 Å². The van der Waals surface area contributed by atoms with Gasteiger partial charge in [-0.25, -0.2) is 9.59 Å². The zero-order valence-corrected chi connectivity index (χ0v) is 79.1. The number of nitrogens with two attached hydrogens (primary N) is 1. The normalized spacial score (nSPS) is 15.4. The molecule has 1 aliphatic heterocycles. The third kappa shape index (κ3) is 39.6. The van der Waals surface area contributed by atoms with Crippen LogP contribution in [0.5, 0.6) is 0 Å². The standard InChI is InChI=1S/C56H89N7O11.C39H64N4O10/c1-14-36(7)49(46(72-12)32-47(65)63-30-20-24-44(63)51(73-13)37(8)52(67)59-38(9)50(66)41-21-17-16-18-22-41)61(10)54(69)43(34(3)4)31-45(64)48(35(5)6)62(11)56(71)74-33-39-25-27-42(28-26-39)60-53(68)40(15-2)23-19-29-58-55(57)70;1-6-42(5)30-34-29-33-9-7-8-10-36(33)43(34)16-13-35(45)11-12-37(46)40-15-18-49-20-22-51-24-26-53-28-27-52-25-23-50-21-19-48-17-14-38(47)41-39(31(2)3)32(4)44/h16-18,21-22,25-28,34-38,40,43-44,46,48-51,66H,14-15,19-20,23-24,29-33H2,1-13H3,(H,59,67)(H,60,68)(H3,57,58,70);7-10,29,31,39H,6,11-28,30H2,1-5H3,(H,40,46)(H,41,47)/t36?,37-,38-,40+,43+,44+,46-,48+,49+,50-,51-;39-/m10/s1. The van der Waals surface area contributed by atoms with Crippen molar-refractivity contribution < 1.29 is 100 Å². The summed E-state index contributed by atoms with van der Waals surface area (Å²) in [6.07, 6.45) is 1.68. The lowest BCUT2D eigenvalue weighted by Crippen LogP contribution is -2.55. The monoisotopic (exact) mass is 1780 g/mol. The summed E-state index contributed by atoms with van der Waals surface area (Å²) in [5, 5.41) is 26.0. The Bertz CT molecular complexity index is 3920. The van der Waals surface area contributed by atoms with Crippen LogP contribution in [0.4, 0.5) is 15.3 Å². The van der Waals surface area contributed by atoms with Crippen molar-refractivity contribution in [2.45, 2.75) is 235 Å². The number of aliphatic hydroxyl groups excluding tert-OH is 1. The van der Waals surface area contributed by atoms with Gasteiger partial charge in [0, 0.05) is 122 Å². The summed E-state index contributed by atoms with van der Waals surface area (Å²) in [6, 6.07) is 23.0. The second-order valence-electron chi connectivity index (χ2n) is 34.0. The Morgan fingerprint density at radius 3 is 1.76 bits per heavy atom. The number of anilines is 1. The number of carbonyl (C=O) groups is 11. The Morgan fingerprint density at radius 2 is 1.21 bits per heavy atom. The Labute approximate surface area is 754 Å². The van der Waals surface area contributed by atoms with Crippen LogP contribution in [0, 0.1) is 41.4 Å². The number of fused-ring (bicyclic) bond motifs is 1. The Kier molecular flexibility index (Phi) is 53.0. The van der Waals surface area contributed by atoms with Crippen LogP contribution in [0.3, 0.4) is 0 Å². The molecular weight excluding hydrogens is 1630 g/mol. The summed E-state index contributed by atoms with van der Waals surface area (Å²) in [4.78, 5) is 150. The molecule has 1 fully saturated rings. The molecule has 12 atom stereocenters. The summed E-state index contributed by atoms with van der Waals surface area (Å²) >= 11 is 0. The number of para-hydroxylation sites is 1. The summed E-state index contributed by atoms with van der Waals surface area (Å²) in [5.41, 5.74) is 9.38. The molecule has 0 bridgehead atoms. The van der Waals surface area contributed by atoms with Crippen LogP contribution in [-0.4, -0.2) is 277 Å². The number of rotatable bonds is 63. The highest BCUT2D eigenvalue weighted by Gasteiger charge is 2.44. The van der Waals surface area contributed by atoms with Gasteiger partial charge in [-0.3, -0.25) is 43.2 Å². The predicted molar refractivity (Wildman–Crippen MR) is 488 cm³/mol. The number of amides is 9. The molecule has 4 aromatic rings. The van der Waals surface area contributed by atoms with E-state index >= 15 is 0 Å². The number of primary amides is 1. The molecule has 0 spiro atoms. The second kappa shape index (κ2) is 60.9. The minimum atomic E-state index is -0.913. The number of benzene rings is 3. The van der Waals surface area contributed by atoms with Gasteiger partial charge in [-0.15, -0.1) is 0 Å². The molecule has 8 N–H and O–H groups in total. The molecule has 32 heteroatoms. The van der Waals surface area contributed by atoms with Crippen LogP contribution >= 0.6 is 0 Å². The van der Waals surface area contributed by atoms with Crippen LogP contribution in [0.2, 0.25) is 0 Å². The number of nitrogens with one attached hydrogen (secondary N) is 5. The maximum Gasteiger partial charge on any atom is 0.410 e. The van der Waals surface area contributed by atoms with Crippen molar-refractivity contribution in [1.29, 1.82) is 0 Å². The zero-order chi connectivity index (χ0) is 94.1. The molecule has 127 heavy (non-hydrogen) atoms. The molecule has 5 rings (SSSR count). The van der Waals surface area contributed by atoms with Gasteiger partial charge < -0.3 is 104 Å². The van der Waals surface area contributed by atoms with E-state index in [9.17, 15) is 57.8 Å². The van der Waals surface area contributed by atoms with E-state index in [1.165, 1.54) is 44.2 Å². The number of likely N-dealkylation sites (tertiary alicyclic amines) is 1. The van der Waals surface area contributed by atoms with Crippen molar-refractivity contribution in [2.24, 2.45) is 47.2 Å². The molecule has 32 nitrogen and oxygen atoms in total. The van der Waals surface area contributed by atoms with E-state index in [0.29, 0.717) is 161 Å². The first-order chi connectivity index (χ1) is 60.6. The van der Waals surface area contributed by atoms with Gasteiger partial charge in [0.15, 0.2) is 11.6 Å². The van der Waals surface area contributed by atoms with Crippen LogP contribution in [0.1, 0.15) is 190 Å². The molecule has 0 radical (unpaired) electrons. The van der Waals surface area contributed by atoms with Gasteiger partial charge >= 0.3 is 12.1 Å². The second-order valence-corrected chi connectivity index (χ2v) is 34.0. The minimum absolute atomic E-state index is 0.0370. The third-order valence-corrected chi connectivity index (χ3v) is 23.4. The lowest BCUT2D eigenvalue weighted by atomic mass is 9.83. The fourth-order valence-corrected chi connectivity index (χ4v) is 15.7. The smallest absolute Gasteiger partial charge is 0.410 e. The van der Waals surface area contributed by atoms with Gasteiger partial charge in [-0.2, -0.15) is 0 Å². The average molecular weight is 1790 g/mol. The van der Waals surface area contributed by atoms with E-state index in [2.05, 4.69) is 68.2 Å². The molecule has 714 valence electrons. The summed E-state index contributed by atoms with van der Waals surface area (Å²) in [5.74, 6) is -3.81. The summed E-state index contributed by atoms with van der Waals surface area (Å²) in [6.45, 7) is 32.7. The maximum atomic E-state index is 14.7. The van der Waals surface area contributed by atoms with E-state index in [-0.39, 0.29) is 128 Å². The van der Waals surface area contributed by atoms with Crippen molar-refractivity contribution in [3.8, 4) is 0 Å². The number of methoxy groups -OCH3 is 2. The van der Waals surface area contributed by atoms with Crippen LogP contribution in [-0.2, 0) is 105 Å². The van der Waals surface area contributed by atoms with Gasteiger partial charge in [0.2, 0.25) is 35.4 Å². The van der Waals surface area contributed by atoms with Crippen molar-refractivity contribution in [3.05, 3.63) is 102 Å². The Balaban J connectivity index is 0.000000563. The third-order valence-electron chi connectivity index (χ3n) is 23.4. The van der Waals surface area contributed by atoms with Crippen LogP contribution in [0.25, 0.3) is 10.9 Å². The van der Waals surface area contributed by atoms with E-state index in [4.69, 9.17) is 48.4 Å². The Hall–Kier alpha value is -8.83. The van der Waals surface area contributed by atoms with Gasteiger partial charge in [0.05, 0.1) is 140 Å². The van der Waals surface area contributed by atoms with Gasteiger partial charge in [0.1, 0.15) is 12.4 Å².